The third-order valence-corrected chi connectivity index (χ3v) is 7.97. The molecule has 0 aromatic heterocycles. The van der Waals surface area contributed by atoms with E-state index in [0.29, 0.717) is 49.0 Å². The Hall–Kier alpha value is -2.61. The maximum atomic E-state index is 13.2. The third-order valence-electron chi connectivity index (χ3n) is 5.84. The summed E-state index contributed by atoms with van der Waals surface area (Å²) < 4.78 is 33.5. The molecule has 0 atom stereocenters. The second kappa shape index (κ2) is 10.1. The van der Waals surface area contributed by atoms with Crippen molar-refractivity contribution in [3.05, 3.63) is 65.7 Å². The first kappa shape index (κ1) is 23.5. The fourth-order valence-electron chi connectivity index (χ4n) is 4.01. The van der Waals surface area contributed by atoms with Crippen molar-refractivity contribution in [3.63, 3.8) is 0 Å². The van der Waals surface area contributed by atoms with Crippen LogP contribution in [0, 0.1) is 5.92 Å². The number of piperidine rings is 1. The molecule has 174 valence electrons. The Morgan fingerprint density at radius 2 is 1.79 bits per heavy atom. The molecule has 1 aliphatic rings. The molecule has 0 aliphatic carbocycles. The van der Waals surface area contributed by atoms with Gasteiger partial charge in [-0.3, -0.25) is 4.79 Å². The predicted molar refractivity (Wildman–Crippen MR) is 131 cm³/mol. The molecule has 6 nitrogen and oxygen atoms in total. The molecule has 33 heavy (non-hydrogen) atoms. The van der Waals surface area contributed by atoms with Gasteiger partial charge >= 0.3 is 0 Å². The zero-order valence-corrected chi connectivity index (χ0v) is 20.0. The van der Waals surface area contributed by atoms with Crippen molar-refractivity contribution in [2.75, 3.05) is 25.0 Å². The number of carbonyl (C=O) groups is 1. The van der Waals surface area contributed by atoms with Crippen LogP contribution in [0.3, 0.4) is 0 Å². The minimum absolute atomic E-state index is 0.152. The van der Waals surface area contributed by atoms with E-state index >= 15 is 0 Å². The van der Waals surface area contributed by atoms with Crippen LogP contribution in [-0.4, -0.2) is 38.3 Å². The lowest BCUT2D eigenvalue weighted by molar-refractivity contribution is -0.120. The SMILES string of the molecule is CCCOc1ccc(Cl)cc1NC(=O)C1CCN(S(=O)(=O)c2ccc3ccccc3c2)CC1. The second-order valence-corrected chi connectivity index (χ2v) is 10.5. The summed E-state index contributed by atoms with van der Waals surface area (Å²) in [7, 11) is -3.62. The van der Waals surface area contributed by atoms with Crippen molar-refractivity contribution in [2.45, 2.75) is 31.1 Å². The van der Waals surface area contributed by atoms with E-state index in [2.05, 4.69) is 5.32 Å². The van der Waals surface area contributed by atoms with Gasteiger partial charge in [-0.2, -0.15) is 4.31 Å². The van der Waals surface area contributed by atoms with E-state index in [1.807, 2.05) is 37.3 Å². The number of hydrogen-bond donors (Lipinski definition) is 1. The third kappa shape index (κ3) is 5.32. The quantitative estimate of drug-likeness (QED) is 0.490. The highest BCUT2D eigenvalue weighted by Crippen LogP contribution is 2.31. The maximum absolute atomic E-state index is 13.2. The molecule has 1 saturated heterocycles. The van der Waals surface area contributed by atoms with E-state index in [1.54, 1.807) is 30.3 Å². The predicted octanol–water partition coefficient (Wildman–Crippen LogP) is 5.32. The summed E-state index contributed by atoms with van der Waals surface area (Å²) in [4.78, 5) is 13.2. The highest BCUT2D eigenvalue weighted by Gasteiger charge is 2.32. The Balaban J connectivity index is 1.42. The molecule has 1 heterocycles. The number of nitrogens with one attached hydrogen (secondary N) is 1. The van der Waals surface area contributed by atoms with E-state index in [1.165, 1.54) is 4.31 Å². The first-order valence-electron chi connectivity index (χ1n) is 11.1. The molecular formula is C25H27ClN2O4S. The van der Waals surface area contributed by atoms with Gasteiger partial charge in [-0.25, -0.2) is 8.42 Å². The Morgan fingerprint density at radius 1 is 1.06 bits per heavy atom. The summed E-state index contributed by atoms with van der Waals surface area (Å²) in [6.07, 6.45) is 1.74. The lowest BCUT2D eigenvalue weighted by Crippen LogP contribution is -2.41. The normalized spacial score (nSPS) is 15.5. The van der Waals surface area contributed by atoms with Gasteiger partial charge in [-0.15, -0.1) is 0 Å². The molecule has 1 aliphatic heterocycles. The van der Waals surface area contributed by atoms with Crippen LogP contribution in [0.2, 0.25) is 5.02 Å². The van der Waals surface area contributed by atoms with Gasteiger partial charge in [0.05, 0.1) is 17.2 Å². The molecule has 0 unspecified atom stereocenters. The van der Waals surface area contributed by atoms with Gasteiger partial charge in [0.15, 0.2) is 0 Å². The first-order chi connectivity index (χ1) is 15.9. The van der Waals surface area contributed by atoms with Crippen LogP contribution in [-0.2, 0) is 14.8 Å². The highest BCUT2D eigenvalue weighted by molar-refractivity contribution is 7.89. The van der Waals surface area contributed by atoms with Gasteiger partial charge in [0, 0.05) is 24.0 Å². The van der Waals surface area contributed by atoms with Gasteiger partial charge in [0.1, 0.15) is 5.75 Å². The summed E-state index contributed by atoms with van der Waals surface area (Å²) in [6, 6.07) is 18.0. The number of halogens is 1. The standard InChI is InChI=1S/C25H27ClN2O4S/c1-2-15-32-24-10-8-21(26)17-23(24)27-25(29)19-11-13-28(14-12-19)33(30,31)22-9-7-18-5-3-4-6-20(18)16-22/h3-10,16-17,19H,2,11-15H2,1H3,(H,27,29). The fourth-order valence-corrected chi connectivity index (χ4v) is 5.69. The molecule has 1 amide bonds. The molecular weight excluding hydrogens is 460 g/mol. The second-order valence-electron chi connectivity index (χ2n) is 8.17. The van der Waals surface area contributed by atoms with Crippen LogP contribution < -0.4 is 10.1 Å². The number of carbonyl (C=O) groups excluding carboxylic acids is 1. The summed E-state index contributed by atoms with van der Waals surface area (Å²) in [5.74, 6) is 0.137. The zero-order chi connectivity index (χ0) is 23.4. The molecule has 0 spiro atoms. The topological polar surface area (TPSA) is 75.7 Å². The Bertz CT molecular complexity index is 1250. The van der Waals surface area contributed by atoms with Crippen molar-refractivity contribution in [1.29, 1.82) is 0 Å². The van der Waals surface area contributed by atoms with Crippen LogP contribution in [0.25, 0.3) is 10.8 Å². The molecule has 3 aromatic rings. The van der Waals surface area contributed by atoms with E-state index in [-0.39, 0.29) is 16.7 Å². The molecule has 1 N–H and O–H groups in total. The van der Waals surface area contributed by atoms with E-state index in [4.69, 9.17) is 16.3 Å². The Labute approximate surface area is 199 Å². The number of sulfonamides is 1. The number of hydrogen-bond acceptors (Lipinski definition) is 4. The van der Waals surface area contributed by atoms with Crippen LogP contribution in [0.15, 0.2) is 65.6 Å². The summed E-state index contributed by atoms with van der Waals surface area (Å²) in [5, 5.41) is 5.30. The number of rotatable bonds is 7. The van der Waals surface area contributed by atoms with Crippen molar-refractivity contribution in [1.82, 2.24) is 4.31 Å². The Kier molecular flexibility index (Phi) is 7.22. The fraction of sp³-hybridized carbons (Fsp3) is 0.320. The van der Waals surface area contributed by atoms with Crippen molar-refractivity contribution in [3.8, 4) is 5.75 Å². The van der Waals surface area contributed by atoms with Gasteiger partial charge in [-0.1, -0.05) is 48.9 Å². The van der Waals surface area contributed by atoms with Crippen molar-refractivity contribution < 1.29 is 17.9 Å². The molecule has 4 rings (SSSR count). The lowest BCUT2D eigenvalue weighted by Gasteiger charge is -2.30. The van der Waals surface area contributed by atoms with E-state index in [0.717, 1.165) is 17.2 Å². The smallest absolute Gasteiger partial charge is 0.243 e. The van der Waals surface area contributed by atoms with Crippen LogP contribution >= 0.6 is 11.6 Å². The van der Waals surface area contributed by atoms with E-state index < -0.39 is 10.0 Å². The number of amides is 1. The maximum Gasteiger partial charge on any atom is 0.243 e. The molecule has 0 radical (unpaired) electrons. The van der Waals surface area contributed by atoms with Crippen molar-refractivity contribution in [2.24, 2.45) is 5.92 Å². The lowest BCUT2D eigenvalue weighted by atomic mass is 9.97. The van der Waals surface area contributed by atoms with Crippen LogP contribution in [0.4, 0.5) is 5.69 Å². The zero-order valence-electron chi connectivity index (χ0n) is 18.5. The van der Waals surface area contributed by atoms with Crippen LogP contribution in [0.1, 0.15) is 26.2 Å². The minimum Gasteiger partial charge on any atom is -0.491 e. The van der Waals surface area contributed by atoms with E-state index in [9.17, 15) is 13.2 Å². The van der Waals surface area contributed by atoms with Crippen LogP contribution in [0.5, 0.6) is 5.75 Å². The first-order valence-corrected chi connectivity index (χ1v) is 12.9. The van der Waals surface area contributed by atoms with Gasteiger partial charge in [-0.05, 0) is 60.4 Å². The summed E-state index contributed by atoms with van der Waals surface area (Å²) in [6.45, 7) is 3.13. The highest BCUT2D eigenvalue weighted by atomic mass is 35.5. The Morgan fingerprint density at radius 3 is 2.52 bits per heavy atom. The van der Waals surface area contributed by atoms with Gasteiger partial charge in [0.2, 0.25) is 15.9 Å². The number of nitrogens with zero attached hydrogens (tertiary/aromatic N) is 1. The summed E-state index contributed by atoms with van der Waals surface area (Å²) >= 11 is 6.10. The number of anilines is 1. The minimum atomic E-state index is -3.62. The molecule has 8 heteroatoms. The average molecular weight is 487 g/mol. The van der Waals surface area contributed by atoms with Gasteiger partial charge < -0.3 is 10.1 Å². The number of fused-ring (bicyclic) bond motifs is 1. The molecule has 1 fully saturated rings. The van der Waals surface area contributed by atoms with Crippen molar-refractivity contribution >= 4 is 44.0 Å². The number of benzene rings is 3. The molecule has 0 saturated carbocycles. The largest absolute Gasteiger partial charge is 0.491 e. The molecule has 0 bridgehead atoms. The summed E-state index contributed by atoms with van der Waals surface area (Å²) in [5.41, 5.74) is 0.534. The van der Waals surface area contributed by atoms with Gasteiger partial charge in [0.25, 0.3) is 0 Å². The monoisotopic (exact) mass is 486 g/mol. The number of ether oxygens (including phenoxy) is 1. The molecule has 3 aromatic carbocycles. The average Bonchev–Trinajstić information content (AvgIpc) is 2.83.